The second kappa shape index (κ2) is 7.54. The van der Waals surface area contributed by atoms with E-state index in [-0.39, 0.29) is 29.6 Å². The predicted octanol–water partition coefficient (Wildman–Crippen LogP) is -3.74. The van der Waals surface area contributed by atoms with Gasteiger partial charge in [-0.05, 0) is 6.42 Å². The van der Waals surface area contributed by atoms with Crippen LogP contribution in [0, 0.1) is 0 Å². The second-order valence-corrected chi connectivity index (χ2v) is 2.07. The largest absolute Gasteiger partial charge is 1.00 e. The van der Waals surface area contributed by atoms with E-state index >= 15 is 0 Å². The van der Waals surface area contributed by atoms with Crippen LogP contribution in [0.15, 0.2) is 0 Å². The third-order valence-electron chi connectivity index (χ3n) is 1.17. The van der Waals surface area contributed by atoms with Gasteiger partial charge >= 0.3 is 29.6 Å². The minimum absolute atomic E-state index is 0. The zero-order valence-corrected chi connectivity index (χ0v) is 8.59. The minimum atomic E-state index is -1.15. The Bertz CT molecular complexity index is 97.7. The predicted molar refractivity (Wildman–Crippen MR) is 32.5 cm³/mol. The molecular formula is C6H12NNaO2. The molecule has 0 saturated carbocycles. The van der Waals surface area contributed by atoms with E-state index < -0.39 is 12.0 Å². The molecular weight excluding hydrogens is 141 g/mol. The number of carbonyl (C=O) groups is 1. The average molecular weight is 153 g/mol. The molecule has 0 saturated heterocycles. The summed E-state index contributed by atoms with van der Waals surface area (Å²) >= 11 is 0. The van der Waals surface area contributed by atoms with Gasteiger partial charge in [-0.2, -0.15) is 0 Å². The maximum atomic E-state index is 9.97. The van der Waals surface area contributed by atoms with Gasteiger partial charge in [0.2, 0.25) is 0 Å². The van der Waals surface area contributed by atoms with Crippen molar-refractivity contribution in [3.8, 4) is 0 Å². The quantitative estimate of drug-likeness (QED) is 0.422. The molecule has 0 aliphatic carbocycles. The SMILES string of the molecule is CCCC[C@H](N)C(=O)[O-].[Na+]. The zero-order valence-electron chi connectivity index (χ0n) is 6.59. The van der Waals surface area contributed by atoms with Crippen molar-refractivity contribution in [1.29, 1.82) is 0 Å². The Morgan fingerprint density at radius 3 is 2.50 bits per heavy atom. The van der Waals surface area contributed by atoms with E-state index in [1.54, 1.807) is 0 Å². The molecule has 0 aliphatic rings. The zero-order chi connectivity index (χ0) is 7.28. The summed E-state index contributed by atoms with van der Waals surface area (Å²) in [6.07, 6.45) is 2.36. The number of rotatable bonds is 4. The van der Waals surface area contributed by atoms with Crippen LogP contribution in [0.5, 0.6) is 0 Å². The molecule has 0 bridgehead atoms. The Labute approximate surface area is 83.3 Å². The van der Waals surface area contributed by atoms with Crippen molar-refractivity contribution >= 4 is 5.97 Å². The number of carboxylic acids is 1. The summed E-state index contributed by atoms with van der Waals surface area (Å²) in [6, 6.07) is -0.773. The molecule has 0 aromatic rings. The first-order valence-corrected chi connectivity index (χ1v) is 3.15. The summed E-state index contributed by atoms with van der Waals surface area (Å²) in [4.78, 5) is 9.97. The molecule has 54 valence electrons. The van der Waals surface area contributed by atoms with Gasteiger partial charge in [0.25, 0.3) is 0 Å². The molecule has 3 nitrogen and oxygen atoms in total. The molecule has 10 heavy (non-hydrogen) atoms. The first kappa shape index (κ1) is 13.1. The van der Waals surface area contributed by atoms with Crippen LogP contribution in [0.1, 0.15) is 26.2 Å². The molecule has 2 N–H and O–H groups in total. The van der Waals surface area contributed by atoms with Gasteiger partial charge in [-0.1, -0.05) is 19.8 Å². The summed E-state index contributed by atoms with van der Waals surface area (Å²) in [5.41, 5.74) is 5.14. The molecule has 0 spiro atoms. The second-order valence-electron chi connectivity index (χ2n) is 2.07. The van der Waals surface area contributed by atoms with Crippen LogP contribution in [0.2, 0.25) is 0 Å². The third kappa shape index (κ3) is 6.55. The molecule has 0 aromatic heterocycles. The number of hydrogen-bond acceptors (Lipinski definition) is 3. The van der Waals surface area contributed by atoms with Gasteiger partial charge in [-0.3, -0.25) is 0 Å². The normalized spacial score (nSPS) is 11.8. The maximum absolute atomic E-state index is 9.97. The van der Waals surface area contributed by atoms with Crippen molar-refractivity contribution in [2.24, 2.45) is 5.73 Å². The fourth-order valence-corrected chi connectivity index (χ4v) is 0.542. The number of aliphatic carboxylic acids is 1. The van der Waals surface area contributed by atoms with Gasteiger partial charge in [-0.15, -0.1) is 0 Å². The Balaban J connectivity index is 0. The molecule has 4 heteroatoms. The molecule has 0 aliphatic heterocycles. The van der Waals surface area contributed by atoms with Crippen molar-refractivity contribution in [2.75, 3.05) is 0 Å². The van der Waals surface area contributed by atoms with Crippen LogP contribution < -0.4 is 40.4 Å². The Morgan fingerprint density at radius 2 is 2.20 bits per heavy atom. The van der Waals surface area contributed by atoms with Gasteiger partial charge < -0.3 is 15.6 Å². The fraction of sp³-hybridized carbons (Fsp3) is 0.833. The van der Waals surface area contributed by atoms with Crippen molar-refractivity contribution in [3.05, 3.63) is 0 Å². The van der Waals surface area contributed by atoms with Crippen LogP contribution in [0.25, 0.3) is 0 Å². The van der Waals surface area contributed by atoms with E-state index in [4.69, 9.17) is 5.73 Å². The monoisotopic (exact) mass is 153 g/mol. The van der Waals surface area contributed by atoms with E-state index in [0.717, 1.165) is 12.8 Å². The summed E-state index contributed by atoms with van der Waals surface area (Å²) in [6.45, 7) is 1.99. The van der Waals surface area contributed by atoms with Crippen LogP contribution in [0.4, 0.5) is 0 Å². The fourth-order valence-electron chi connectivity index (χ4n) is 0.542. The Morgan fingerprint density at radius 1 is 1.70 bits per heavy atom. The van der Waals surface area contributed by atoms with E-state index in [1.165, 1.54) is 0 Å². The number of unbranched alkanes of at least 4 members (excludes halogenated alkanes) is 1. The first-order valence-electron chi connectivity index (χ1n) is 3.15. The smallest absolute Gasteiger partial charge is 0.548 e. The Hall–Kier alpha value is 0.430. The topological polar surface area (TPSA) is 66.2 Å². The van der Waals surface area contributed by atoms with Crippen molar-refractivity contribution in [1.82, 2.24) is 0 Å². The molecule has 0 amide bonds. The third-order valence-corrected chi connectivity index (χ3v) is 1.17. The van der Waals surface area contributed by atoms with E-state index in [9.17, 15) is 9.90 Å². The Kier molecular flexibility index (Phi) is 9.84. The number of carbonyl (C=O) groups excluding carboxylic acids is 1. The molecule has 1 atom stereocenters. The van der Waals surface area contributed by atoms with Gasteiger partial charge in [0.15, 0.2) is 0 Å². The number of hydrogen-bond donors (Lipinski definition) is 1. The molecule has 0 unspecified atom stereocenters. The van der Waals surface area contributed by atoms with Gasteiger partial charge in [-0.25, -0.2) is 0 Å². The summed E-state index contributed by atoms with van der Waals surface area (Å²) in [7, 11) is 0. The van der Waals surface area contributed by atoms with Crippen LogP contribution in [-0.2, 0) is 4.79 Å². The van der Waals surface area contributed by atoms with Crippen LogP contribution >= 0.6 is 0 Å². The minimum Gasteiger partial charge on any atom is -0.548 e. The van der Waals surface area contributed by atoms with E-state index in [0.29, 0.717) is 6.42 Å². The van der Waals surface area contributed by atoms with Crippen LogP contribution in [0.3, 0.4) is 0 Å². The summed E-state index contributed by atoms with van der Waals surface area (Å²) in [5.74, 6) is -1.15. The summed E-state index contributed by atoms with van der Waals surface area (Å²) < 4.78 is 0. The average Bonchev–Trinajstić information content (AvgIpc) is 1.82. The molecule has 0 rings (SSSR count). The number of carboxylic acid groups (broad SMARTS) is 1. The maximum Gasteiger partial charge on any atom is 1.00 e. The number of nitrogens with two attached hydrogens (primary N) is 1. The van der Waals surface area contributed by atoms with Crippen molar-refractivity contribution in [3.63, 3.8) is 0 Å². The van der Waals surface area contributed by atoms with E-state index in [2.05, 4.69) is 0 Å². The van der Waals surface area contributed by atoms with Gasteiger partial charge in [0.1, 0.15) is 0 Å². The molecule has 0 heterocycles. The van der Waals surface area contributed by atoms with Crippen molar-refractivity contribution < 1.29 is 39.5 Å². The first-order chi connectivity index (χ1) is 4.18. The van der Waals surface area contributed by atoms with Crippen LogP contribution in [-0.4, -0.2) is 12.0 Å². The van der Waals surface area contributed by atoms with E-state index in [1.807, 2.05) is 6.92 Å². The summed E-state index contributed by atoms with van der Waals surface area (Å²) in [5, 5.41) is 9.97. The van der Waals surface area contributed by atoms with Gasteiger partial charge in [0, 0.05) is 6.04 Å². The van der Waals surface area contributed by atoms with Gasteiger partial charge in [0.05, 0.1) is 5.97 Å². The standard InChI is InChI=1S/C6H13NO2.Na/c1-2-3-4-5(7)6(8)9;/h5H,2-4,7H2,1H3,(H,8,9);/q;+1/p-1/t5-;/m0./s1. The molecule has 0 fully saturated rings. The molecule has 0 radical (unpaired) electrons. The van der Waals surface area contributed by atoms with Crippen molar-refractivity contribution in [2.45, 2.75) is 32.2 Å². The molecule has 0 aromatic carbocycles.